The SMILES string of the molecule is COC(=O)N[C@@H](C)CNc1nccc(-c2[nH]c(C3CC3)nc2-c2cnc(N)c(C)n2)n1. The lowest BCUT2D eigenvalue weighted by Gasteiger charge is -2.14. The van der Waals surface area contributed by atoms with Crippen LogP contribution in [0.15, 0.2) is 18.5 Å². The summed E-state index contributed by atoms with van der Waals surface area (Å²) in [5.74, 6) is 2.18. The van der Waals surface area contributed by atoms with Crippen LogP contribution in [0, 0.1) is 6.92 Å². The van der Waals surface area contributed by atoms with E-state index >= 15 is 0 Å². The summed E-state index contributed by atoms with van der Waals surface area (Å²) in [6.07, 6.45) is 5.03. The van der Waals surface area contributed by atoms with Crippen molar-refractivity contribution >= 4 is 17.9 Å². The van der Waals surface area contributed by atoms with E-state index in [1.165, 1.54) is 7.11 Å². The maximum atomic E-state index is 11.3. The van der Waals surface area contributed by atoms with Crippen molar-refractivity contribution < 1.29 is 9.53 Å². The number of carbonyl (C=O) groups excluding carboxylic acids is 1. The number of anilines is 2. The molecule has 3 aromatic rings. The van der Waals surface area contributed by atoms with E-state index in [9.17, 15) is 4.79 Å². The highest BCUT2D eigenvalue weighted by Gasteiger charge is 2.29. The van der Waals surface area contributed by atoms with Gasteiger partial charge in [0.2, 0.25) is 5.95 Å². The summed E-state index contributed by atoms with van der Waals surface area (Å²) >= 11 is 0. The normalized spacial score (nSPS) is 14.2. The first-order valence-corrected chi connectivity index (χ1v) is 10.1. The van der Waals surface area contributed by atoms with Crippen LogP contribution < -0.4 is 16.4 Å². The van der Waals surface area contributed by atoms with E-state index in [2.05, 4.69) is 40.3 Å². The van der Waals surface area contributed by atoms with Gasteiger partial charge in [-0.05, 0) is 32.8 Å². The van der Waals surface area contributed by atoms with Gasteiger partial charge in [-0.25, -0.2) is 29.7 Å². The zero-order valence-electron chi connectivity index (χ0n) is 17.6. The number of ether oxygens (including phenoxy) is 1. The molecule has 5 N–H and O–H groups in total. The molecular formula is C20H25N9O2. The number of aromatic nitrogens is 6. The second-order valence-electron chi connectivity index (χ2n) is 7.53. The summed E-state index contributed by atoms with van der Waals surface area (Å²) in [4.78, 5) is 37.2. The molecule has 3 heterocycles. The third-order valence-corrected chi connectivity index (χ3v) is 4.94. The number of nitrogens with zero attached hydrogens (tertiary/aromatic N) is 5. The first kappa shape index (κ1) is 20.5. The number of carbonyl (C=O) groups is 1. The average molecular weight is 423 g/mol. The number of methoxy groups -OCH3 is 1. The molecule has 4 rings (SSSR count). The molecular weight excluding hydrogens is 398 g/mol. The second-order valence-corrected chi connectivity index (χ2v) is 7.53. The van der Waals surface area contributed by atoms with Gasteiger partial charge in [0.05, 0.1) is 30.4 Å². The fourth-order valence-electron chi connectivity index (χ4n) is 3.06. The lowest BCUT2D eigenvalue weighted by atomic mass is 10.2. The van der Waals surface area contributed by atoms with E-state index in [1.54, 1.807) is 12.4 Å². The summed E-state index contributed by atoms with van der Waals surface area (Å²) in [5.41, 5.74) is 9.23. The number of alkyl carbamates (subject to hydrolysis) is 1. The molecule has 1 amide bonds. The van der Waals surface area contributed by atoms with Gasteiger partial charge in [-0.3, -0.25) is 0 Å². The molecule has 0 spiro atoms. The van der Waals surface area contributed by atoms with E-state index in [1.807, 2.05) is 19.9 Å². The molecule has 11 nitrogen and oxygen atoms in total. The first-order valence-electron chi connectivity index (χ1n) is 10.1. The van der Waals surface area contributed by atoms with Gasteiger partial charge in [0.25, 0.3) is 0 Å². The summed E-state index contributed by atoms with van der Waals surface area (Å²) in [7, 11) is 1.33. The van der Waals surface area contributed by atoms with Crippen LogP contribution in [0.4, 0.5) is 16.6 Å². The van der Waals surface area contributed by atoms with Crippen molar-refractivity contribution in [3.8, 4) is 22.8 Å². The van der Waals surface area contributed by atoms with E-state index in [0.717, 1.165) is 24.4 Å². The van der Waals surface area contributed by atoms with Crippen LogP contribution in [-0.2, 0) is 4.74 Å². The van der Waals surface area contributed by atoms with E-state index < -0.39 is 6.09 Å². The molecule has 0 aliphatic heterocycles. The first-order chi connectivity index (χ1) is 14.9. The molecule has 0 radical (unpaired) electrons. The topological polar surface area (TPSA) is 157 Å². The molecule has 1 aliphatic rings. The molecule has 162 valence electrons. The van der Waals surface area contributed by atoms with Crippen LogP contribution >= 0.6 is 0 Å². The number of amides is 1. The van der Waals surface area contributed by atoms with Gasteiger partial charge in [0.1, 0.15) is 23.0 Å². The van der Waals surface area contributed by atoms with Crippen molar-refractivity contribution in [3.63, 3.8) is 0 Å². The Morgan fingerprint density at radius 2 is 2.10 bits per heavy atom. The number of nitrogens with one attached hydrogen (secondary N) is 3. The Balaban J connectivity index is 1.61. The minimum Gasteiger partial charge on any atom is -0.453 e. The highest BCUT2D eigenvalue weighted by molar-refractivity contribution is 5.75. The summed E-state index contributed by atoms with van der Waals surface area (Å²) in [5, 5.41) is 5.82. The van der Waals surface area contributed by atoms with Crippen LogP contribution in [0.1, 0.15) is 37.2 Å². The van der Waals surface area contributed by atoms with Crippen molar-refractivity contribution in [1.29, 1.82) is 0 Å². The Hall–Kier alpha value is -3.76. The van der Waals surface area contributed by atoms with Crippen molar-refractivity contribution in [1.82, 2.24) is 35.2 Å². The average Bonchev–Trinajstić information content (AvgIpc) is 3.52. The number of hydrogen-bond donors (Lipinski definition) is 4. The summed E-state index contributed by atoms with van der Waals surface area (Å²) < 4.78 is 4.61. The predicted octanol–water partition coefficient (Wildman–Crippen LogP) is 2.25. The summed E-state index contributed by atoms with van der Waals surface area (Å²) in [6.45, 7) is 4.10. The van der Waals surface area contributed by atoms with Gasteiger partial charge < -0.3 is 26.1 Å². The second kappa shape index (κ2) is 8.54. The third-order valence-electron chi connectivity index (χ3n) is 4.94. The largest absolute Gasteiger partial charge is 0.453 e. The number of aryl methyl sites for hydroxylation is 1. The highest BCUT2D eigenvalue weighted by Crippen LogP contribution is 2.41. The molecule has 1 fully saturated rings. The fraction of sp³-hybridized carbons (Fsp3) is 0.400. The lowest BCUT2D eigenvalue weighted by molar-refractivity contribution is 0.168. The Labute approximate surface area is 179 Å². The van der Waals surface area contributed by atoms with E-state index in [4.69, 9.17) is 10.7 Å². The third kappa shape index (κ3) is 4.71. The minimum atomic E-state index is -0.487. The maximum absolute atomic E-state index is 11.3. The monoisotopic (exact) mass is 423 g/mol. The zero-order valence-corrected chi connectivity index (χ0v) is 17.6. The smallest absolute Gasteiger partial charge is 0.407 e. The van der Waals surface area contributed by atoms with Gasteiger partial charge in [-0.1, -0.05) is 0 Å². The van der Waals surface area contributed by atoms with Crippen LogP contribution in [0.5, 0.6) is 0 Å². The highest BCUT2D eigenvalue weighted by atomic mass is 16.5. The van der Waals surface area contributed by atoms with Gasteiger partial charge >= 0.3 is 6.09 Å². The molecule has 31 heavy (non-hydrogen) atoms. The Morgan fingerprint density at radius 3 is 2.81 bits per heavy atom. The van der Waals surface area contributed by atoms with E-state index in [0.29, 0.717) is 47.0 Å². The standard InChI is InChI=1S/C20H25N9O2/c1-10(25-20(30)31-3)8-24-19-22-7-6-13(27-19)15-16(29-18(28-15)12-4-5-12)14-9-23-17(21)11(2)26-14/h6-7,9-10,12H,4-5,8H2,1-3H3,(H2,21,23)(H,25,30)(H,28,29)(H,22,24,27)/t10-/m0/s1. The number of hydrogen-bond acceptors (Lipinski definition) is 9. The molecule has 0 unspecified atom stereocenters. The number of H-pyrrole nitrogens is 1. The molecule has 0 aromatic carbocycles. The number of aromatic amines is 1. The number of rotatable bonds is 7. The van der Waals surface area contributed by atoms with Crippen LogP contribution in [0.3, 0.4) is 0 Å². The van der Waals surface area contributed by atoms with Crippen molar-refractivity contribution in [2.75, 3.05) is 24.7 Å². The minimum absolute atomic E-state index is 0.170. The Morgan fingerprint density at radius 1 is 1.29 bits per heavy atom. The Bertz CT molecular complexity index is 1090. The molecule has 1 atom stereocenters. The van der Waals surface area contributed by atoms with E-state index in [-0.39, 0.29) is 6.04 Å². The number of nitrogens with two attached hydrogens (primary N) is 1. The van der Waals surface area contributed by atoms with Gasteiger partial charge in [0.15, 0.2) is 0 Å². The fourth-order valence-corrected chi connectivity index (χ4v) is 3.06. The quantitative estimate of drug-likeness (QED) is 0.447. The molecule has 0 bridgehead atoms. The lowest BCUT2D eigenvalue weighted by Crippen LogP contribution is -2.37. The molecule has 3 aromatic heterocycles. The zero-order chi connectivity index (χ0) is 22.0. The molecule has 0 saturated heterocycles. The number of nitrogen functional groups attached to an aromatic ring is 1. The summed E-state index contributed by atoms with van der Waals surface area (Å²) in [6, 6.07) is 1.64. The van der Waals surface area contributed by atoms with Crippen molar-refractivity contribution in [2.24, 2.45) is 0 Å². The van der Waals surface area contributed by atoms with Crippen molar-refractivity contribution in [3.05, 3.63) is 30.0 Å². The Kier molecular flexibility index (Phi) is 5.65. The molecule has 11 heteroatoms. The van der Waals surface area contributed by atoms with Gasteiger partial charge in [-0.2, -0.15) is 0 Å². The molecule has 1 saturated carbocycles. The van der Waals surface area contributed by atoms with Crippen LogP contribution in [0.25, 0.3) is 22.8 Å². The predicted molar refractivity (Wildman–Crippen MR) is 115 cm³/mol. The van der Waals surface area contributed by atoms with Crippen molar-refractivity contribution in [2.45, 2.75) is 38.6 Å². The van der Waals surface area contributed by atoms with Gasteiger partial charge in [0, 0.05) is 24.7 Å². The number of imidazole rings is 1. The van der Waals surface area contributed by atoms with Crippen LogP contribution in [0.2, 0.25) is 0 Å². The van der Waals surface area contributed by atoms with Crippen LogP contribution in [-0.4, -0.2) is 55.7 Å². The molecule has 1 aliphatic carbocycles. The maximum Gasteiger partial charge on any atom is 0.407 e. The van der Waals surface area contributed by atoms with Gasteiger partial charge in [-0.15, -0.1) is 0 Å².